The maximum absolute atomic E-state index is 11.0. The van der Waals surface area contributed by atoms with E-state index in [0.29, 0.717) is 0 Å². The molecule has 1 fully saturated rings. The second-order valence-electron chi connectivity index (χ2n) is 2.38. The van der Waals surface area contributed by atoms with Crippen LogP contribution >= 0.6 is 0 Å². The Hall–Kier alpha value is -0.340. The van der Waals surface area contributed by atoms with Crippen molar-refractivity contribution in [2.24, 2.45) is 0 Å². The third-order valence-electron chi connectivity index (χ3n) is 1.75. The van der Waals surface area contributed by atoms with Crippen molar-refractivity contribution in [1.82, 2.24) is 0 Å². The Bertz CT molecular complexity index is 107. The van der Waals surface area contributed by atoms with Crippen LogP contribution in [0.3, 0.4) is 0 Å². The highest BCUT2D eigenvalue weighted by atomic mass is 16.6. The first-order valence-electron chi connectivity index (χ1n) is 2.89. The van der Waals surface area contributed by atoms with Gasteiger partial charge in [-0.1, -0.05) is 6.58 Å². The Balaban J connectivity index is 2.45. The van der Waals surface area contributed by atoms with Crippen molar-refractivity contribution < 1.29 is 4.65 Å². The summed E-state index contributed by atoms with van der Waals surface area (Å²) in [5.74, 6) is 0. The van der Waals surface area contributed by atoms with E-state index in [1.165, 1.54) is 0 Å². The van der Waals surface area contributed by atoms with Crippen LogP contribution in [0, 0.1) is 5.21 Å². The van der Waals surface area contributed by atoms with E-state index in [2.05, 4.69) is 6.58 Å². The van der Waals surface area contributed by atoms with E-state index in [9.17, 15) is 5.21 Å². The van der Waals surface area contributed by atoms with Crippen molar-refractivity contribution >= 4 is 0 Å². The van der Waals surface area contributed by atoms with Crippen molar-refractivity contribution in [2.75, 3.05) is 13.1 Å². The molecule has 0 aromatic carbocycles. The molecule has 1 saturated heterocycles. The van der Waals surface area contributed by atoms with Gasteiger partial charge in [0.15, 0.2) is 0 Å². The van der Waals surface area contributed by atoms with E-state index in [1.807, 2.05) is 6.92 Å². The molecule has 0 spiro atoms. The lowest BCUT2D eigenvalue weighted by Gasteiger charge is -2.26. The predicted molar refractivity (Wildman–Crippen MR) is 33.0 cm³/mol. The Morgan fingerprint density at radius 3 is 2.38 bits per heavy atom. The minimum absolute atomic E-state index is 0.0382. The van der Waals surface area contributed by atoms with Crippen LogP contribution in [-0.2, 0) is 0 Å². The third kappa shape index (κ3) is 0.767. The molecular formula is C6H11NO. The summed E-state index contributed by atoms with van der Waals surface area (Å²) in [6, 6.07) is 0.106. The number of nitrogens with zero attached hydrogens (tertiary/aromatic N) is 1. The molecule has 0 aromatic heterocycles. The van der Waals surface area contributed by atoms with Crippen molar-refractivity contribution in [3.05, 3.63) is 17.9 Å². The third-order valence-corrected chi connectivity index (χ3v) is 1.75. The average molecular weight is 113 g/mol. The minimum Gasteiger partial charge on any atom is -0.632 e. The molecule has 0 amide bonds. The zero-order valence-corrected chi connectivity index (χ0v) is 5.13. The van der Waals surface area contributed by atoms with Crippen LogP contribution in [0.5, 0.6) is 0 Å². The van der Waals surface area contributed by atoms with Crippen LogP contribution in [0.1, 0.15) is 6.92 Å². The zero-order valence-electron chi connectivity index (χ0n) is 5.13. The van der Waals surface area contributed by atoms with Gasteiger partial charge in [0.05, 0.1) is 0 Å². The Morgan fingerprint density at radius 2 is 2.25 bits per heavy atom. The van der Waals surface area contributed by atoms with E-state index < -0.39 is 0 Å². The molecule has 1 rings (SSSR count). The molecule has 1 unspecified atom stereocenters. The molecule has 2 heteroatoms. The van der Waals surface area contributed by atoms with Gasteiger partial charge in [-0.3, -0.25) is 0 Å². The lowest BCUT2D eigenvalue weighted by atomic mass is 10.3. The number of hydroxylamine groups is 3. The molecule has 0 N–H and O–H groups in total. The van der Waals surface area contributed by atoms with Crippen LogP contribution in [0.2, 0.25) is 0 Å². The largest absolute Gasteiger partial charge is 0.632 e. The maximum Gasteiger partial charge on any atom is 0.129 e. The molecule has 0 radical (unpaired) electrons. The van der Waals surface area contributed by atoms with Gasteiger partial charge in [0.25, 0.3) is 0 Å². The molecule has 8 heavy (non-hydrogen) atoms. The molecule has 0 bridgehead atoms. The normalized spacial score (nSPS) is 26.8. The molecule has 1 aliphatic heterocycles. The number of hydrogen-bond donors (Lipinski definition) is 0. The van der Waals surface area contributed by atoms with Gasteiger partial charge in [-0.25, -0.2) is 0 Å². The molecule has 0 aliphatic carbocycles. The molecule has 0 aromatic rings. The monoisotopic (exact) mass is 113 g/mol. The Kier molecular flexibility index (Phi) is 1.14. The second-order valence-corrected chi connectivity index (χ2v) is 2.38. The molecule has 0 saturated carbocycles. The summed E-state index contributed by atoms with van der Waals surface area (Å²) in [4.78, 5) is 0. The molecule has 46 valence electrons. The van der Waals surface area contributed by atoms with E-state index in [-0.39, 0.29) is 10.7 Å². The zero-order chi connectivity index (χ0) is 6.20. The summed E-state index contributed by atoms with van der Waals surface area (Å²) < 4.78 is -0.0382. The first-order valence-corrected chi connectivity index (χ1v) is 2.89. The molecule has 2 nitrogen and oxygen atoms in total. The topological polar surface area (TPSA) is 23.1 Å². The molecule has 1 heterocycles. The molecule has 1 aliphatic rings. The fourth-order valence-electron chi connectivity index (χ4n) is 0.698. The van der Waals surface area contributed by atoms with Crippen molar-refractivity contribution in [3.8, 4) is 0 Å². The number of hydrogen-bond acceptors (Lipinski definition) is 1. The van der Waals surface area contributed by atoms with Crippen LogP contribution in [-0.4, -0.2) is 23.8 Å². The van der Waals surface area contributed by atoms with Crippen LogP contribution < -0.4 is 0 Å². The van der Waals surface area contributed by atoms with E-state index in [1.54, 1.807) is 6.08 Å². The predicted octanol–water partition coefficient (Wildman–Crippen LogP) is 0.889. The van der Waals surface area contributed by atoms with Crippen molar-refractivity contribution in [3.63, 3.8) is 0 Å². The highest BCUT2D eigenvalue weighted by molar-refractivity contribution is 4.80. The van der Waals surface area contributed by atoms with E-state index >= 15 is 0 Å². The Labute approximate surface area is 49.6 Å². The fourth-order valence-corrected chi connectivity index (χ4v) is 0.698. The lowest BCUT2D eigenvalue weighted by molar-refractivity contribution is -0.763. The fraction of sp³-hybridized carbons (Fsp3) is 0.667. The summed E-state index contributed by atoms with van der Waals surface area (Å²) in [7, 11) is 0. The lowest BCUT2D eigenvalue weighted by Crippen LogP contribution is -2.26. The van der Waals surface area contributed by atoms with Crippen LogP contribution in [0.4, 0.5) is 0 Å². The van der Waals surface area contributed by atoms with Crippen LogP contribution in [0.15, 0.2) is 12.7 Å². The highest BCUT2D eigenvalue weighted by Gasteiger charge is 2.36. The molecule has 1 atom stereocenters. The average Bonchev–Trinajstić information content (AvgIpc) is 2.47. The van der Waals surface area contributed by atoms with E-state index in [4.69, 9.17) is 0 Å². The Morgan fingerprint density at radius 1 is 1.75 bits per heavy atom. The molecular weight excluding hydrogens is 102 g/mol. The van der Waals surface area contributed by atoms with Gasteiger partial charge in [-0.2, -0.15) is 0 Å². The van der Waals surface area contributed by atoms with Crippen LogP contribution in [0.25, 0.3) is 0 Å². The summed E-state index contributed by atoms with van der Waals surface area (Å²) >= 11 is 0. The minimum atomic E-state index is -0.0382. The summed E-state index contributed by atoms with van der Waals surface area (Å²) in [6.07, 6.45) is 1.72. The SMILES string of the molecule is C=CC(C)[N+]1([O-])CC1. The first-order chi connectivity index (χ1) is 3.69. The van der Waals surface area contributed by atoms with Crippen molar-refractivity contribution in [2.45, 2.75) is 13.0 Å². The summed E-state index contributed by atoms with van der Waals surface area (Å²) in [6.45, 7) is 7.03. The van der Waals surface area contributed by atoms with Gasteiger partial charge >= 0.3 is 0 Å². The summed E-state index contributed by atoms with van der Waals surface area (Å²) in [5.41, 5.74) is 0. The van der Waals surface area contributed by atoms with Crippen molar-refractivity contribution in [1.29, 1.82) is 0 Å². The highest BCUT2D eigenvalue weighted by Crippen LogP contribution is 2.23. The standard InChI is InChI=1S/C6H11NO/c1-3-6(2)7(8)4-5-7/h3,6H,1,4-5H2,2H3. The van der Waals surface area contributed by atoms with Gasteiger partial charge in [0, 0.05) is 0 Å². The number of rotatable bonds is 2. The van der Waals surface area contributed by atoms with Gasteiger partial charge in [0.1, 0.15) is 19.1 Å². The maximum atomic E-state index is 11.0. The smallest absolute Gasteiger partial charge is 0.129 e. The number of quaternary nitrogens is 1. The first kappa shape index (κ1) is 5.79. The quantitative estimate of drug-likeness (QED) is 0.226. The second kappa shape index (κ2) is 1.57. The van der Waals surface area contributed by atoms with E-state index in [0.717, 1.165) is 13.1 Å². The van der Waals surface area contributed by atoms with Gasteiger partial charge in [-0.05, 0) is 13.0 Å². The van der Waals surface area contributed by atoms with Gasteiger partial charge in [0.2, 0.25) is 0 Å². The van der Waals surface area contributed by atoms with Gasteiger partial charge < -0.3 is 9.85 Å². The summed E-state index contributed by atoms with van der Waals surface area (Å²) in [5, 5.41) is 11.0. The van der Waals surface area contributed by atoms with Gasteiger partial charge in [-0.15, -0.1) is 0 Å².